The number of alkyl carbamates (subject to hydrolysis) is 1. The first-order valence-corrected chi connectivity index (χ1v) is 16.4. The SMILES string of the molecule is CNC(=O)O[C@H]1CC[C@H](C(=O)N(C[C@H]2CC[C@H](c3ccc(OC)c(C)n3)CC2)c2cccc(-c3cnn(C(C)(C)C)c3)c2)CC1. The van der Waals surface area contributed by atoms with E-state index in [2.05, 4.69) is 61.6 Å². The van der Waals surface area contributed by atoms with Crippen molar-refractivity contribution in [3.63, 3.8) is 0 Å². The van der Waals surface area contributed by atoms with Crippen molar-refractivity contribution in [2.75, 3.05) is 25.6 Å². The molecule has 0 aliphatic heterocycles. The van der Waals surface area contributed by atoms with Gasteiger partial charge in [-0.1, -0.05) is 12.1 Å². The lowest BCUT2D eigenvalue weighted by molar-refractivity contribution is -0.124. The molecule has 1 N–H and O–H groups in total. The predicted octanol–water partition coefficient (Wildman–Crippen LogP) is 7.24. The molecule has 1 aromatic carbocycles. The lowest BCUT2D eigenvalue weighted by Crippen LogP contribution is -2.42. The third kappa shape index (κ3) is 7.86. The van der Waals surface area contributed by atoms with Crippen LogP contribution in [0.15, 0.2) is 48.8 Å². The summed E-state index contributed by atoms with van der Waals surface area (Å²) in [5.41, 5.74) is 4.97. The fraction of sp³-hybridized carbons (Fsp3) is 0.556. The Hall–Kier alpha value is -3.88. The van der Waals surface area contributed by atoms with Crippen LogP contribution in [-0.4, -0.2) is 53.6 Å². The zero-order chi connectivity index (χ0) is 32.1. The Balaban J connectivity index is 1.33. The molecular formula is C36H49N5O4. The van der Waals surface area contributed by atoms with Gasteiger partial charge in [-0.2, -0.15) is 5.10 Å². The van der Waals surface area contributed by atoms with E-state index in [0.29, 0.717) is 44.1 Å². The van der Waals surface area contributed by atoms with Crippen molar-refractivity contribution in [2.24, 2.45) is 11.8 Å². The highest BCUT2D eigenvalue weighted by molar-refractivity contribution is 5.95. The number of aryl methyl sites for hydroxylation is 1. The number of anilines is 1. The number of hydrogen-bond donors (Lipinski definition) is 1. The molecule has 2 saturated carbocycles. The summed E-state index contributed by atoms with van der Waals surface area (Å²) in [7, 11) is 3.25. The van der Waals surface area contributed by atoms with Crippen molar-refractivity contribution in [1.82, 2.24) is 20.1 Å². The highest BCUT2D eigenvalue weighted by Crippen LogP contribution is 2.38. The van der Waals surface area contributed by atoms with Crippen LogP contribution in [0.3, 0.4) is 0 Å². The predicted molar refractivity (Wildman–Crippen MR) is 177 cm³/mol. The number of nitrogens with one attached hydrogen (secondary N) is 1. The minimum absolute atomic E-state index is 0.0929. The number of nitrogens with zero attached hydrogens (tertiary/aromatic N) is 4. The molecule has 3 aromatic rings. The van der Waals surface area contributed by atoms with E-state index < -0.39 is 6.09 Å². The monoisotopic (exact) mass is 615 g/mol. The Morgan fingerprint density at radius 2 is 1.73 bits per heavy atom. The van der Waals surface area contributed by atoms with Crippen LogP contribution in [0.5, 0.6) is 5.75 Å². The number of ether oxygens (including phenoxy) is 2. The van der Waals surface area contributed by atoms with Crippen molar-refractivity contribution in [3.05, 3.63) is 60.2 Å². The topological polar surface area (TPSA) is 98.6 Å². The molecule has 2 aliphatic rings. The summed E-state index contributed by atoms with van der Waals surface area (Å²) in [5.74, 6) is 1.73. The van der Waals surface area contributed by atoms with Crippen molar-refractivity contribution < 1.29 is 19.1 Å². The molecule has 0 atom stereocenters. The van der Waals surface area contributed by atoms with Crippen LogP contribution >= 0.6 is 0 Å². The Morgan fingerprint density at radius 3 is 2.36 bits per heavy atom. The van der Waals surface area contributed by atoms with E-state index in [-0.39, 0.29) is 23.5 Å². The van der Waals surface area contributed by atoms with Gasteiger partial charge in [0.2, 0.25) is 5.91 Å². The smallest absolute Gasteiger partial charge is 0.407 e. The summed E-state index contributed by atoms with van der Waals surface area (Å²) in [6.45, 7) is 9.10. The molecule has 2 amide bonds. The van der Waals surface area contributed by atoms with Gasteiger partial charge in [-0.3, -0.25) is 14.5 Å². The number of hydrogen-bond acceptors (Lipinski definition) is 6. The number of pyridine rings is 1. The number of benzene rings is 1. The number of methoxy groups -OCH3 is 1. The Morgan fingerprint density at radius 1 is 1.00 bits per heavy atom. The summed E-state index contributed by atoms with van der Waals surface area (Å²) in [5, 5.41) is 7.13. The van der Waals surface area contributed by atoms with Crippen molar-refractivity contribution in [1.29, 1.82) is 0 Å². The van der Waals surface area contributed by atoms with E-state index in [1.165, 1.54) is 0 Å². The number of carbonyl (C=O) groups is 2. The van der Waals surface area contributed by atoms with Crippen LogP contribution in [0.1, 0.15) is 89.4 Å². The average molecular weight is 616 g/mol. The molecule has 242 valence electrons. The lowest BCUT2D eigenvalue weighted by Gasteiger charge is -2.36. The molecule has 2 aromatic heterocycles. The summed E-state index contributed by atoms with van der Waals surface area (Å²) >= 11 is 0. The Labute approximate surface area is 267 Å². The van der Waals surface area contributed by atoms with Gasteiger partial charge < -0.3 is 19.7 Å². The fourth-order valence-corrected chi connectivity index (χ4v) is 6.78. The number of aromatic nitrogens is 3. The van der Waals surface area contributed by atoms with E-state index in [4.69, 9.17) is 14.5 Å². The zero-order valence-electron chi connectivity index (χ0n) is 27.7. The van der Waals surface area contributed by atoms with Crippen LogP contribution in [0.4, 0.5) is 10.5 Å². The second-order valence-corrected chi connectivity index (χ2v) is 13.7. The Kier molecular flexibility index (Phi) is 10.1. The van der Waals surface area contributed by atoms with E-state index >= 15 is 0 Å². The van der Waals surface area contributed by atoms with E-state index in [1.807, 2.05) is 34.8 Å². The van der Waals surface area contributed by atoms with Crippen molar-refractivity contribution in [2.45, 2.75) is 96.6 Å². The molecule has 9 heteroatoms. The highest BCUT2D eigenvalue weighted by Gasteiger charge is 2.34. The largest absolute Gasteiger partial charge is 0.495 e. The van der Waals surface area contributed by atoms with E-state index in [0.717, 1.165) is 59.6 Å². The van der Waals surface area contributed by atoms with E-state index in [9.17, 15) is 9.59 Å². The normalized spacial score (nSPS) is 22.0. The number of rotatable bonds is 8. The van der Waals surface area contributed by atoms with Crippen LogP contribution in [-0.2, 0) is 15.1 Å². The van der Waals surface area contributed by atoms with Crippen LogP contribution in [0.2, 0.25) is 0 Å². The minimum atomic E-state index is -0.409. The zero-order valence-corrected chi connectivity index (χ0v) is 27.7. The standard InChI is InChI=1S/C36H49N5O4/c1-24-33(44-6)19-18-32(39-24)26-12-10-25(11-13-26)22-40(34(42)27-14-16-31(17-15-27)45-35(43)37-5)30-9-7-8-28(20-30)29-21-38-41(23-29)36(2,3)4/h7-9,18-21,23,25-27,31H,10-17,22H2,1-6H3,(H,37,43)/t25-,26-,27-,31-. The van der Waals surface area contributed by atoms with E-state index in [1.54, 1.807) is 14.2 Å². The first-order chi connectivity index (χ1) is 21.5. The molecule has 0 saturated heterocycles. The lowest BCUT2D eigenvalue weighted by atomic mass is 9.79. The molecule has 2 heterocycles. The maximum atomic E-state index is 14.3. The molecular weight excluding hydrogens is 566 g/mol. The van der Waals surface area contributed by atoms with Gasteiger partial charge in [0, 0.05) is 48.6 Å². The number of amides is 2. The first-order valence-electron chi connectivity index (χ1n) is 16.4. The quantitative estimate of drug-likeness (QED) is 0.287. The van der Waals surface area contributed by atoms with Gasteiger partial charge in [0.05, 0.1) is 24.5 Å². The minimum Gasteiger partial charge on any atom is -0.495 e. The summed E-state index contributed by atoms with van der Waals surface area (Å²) in [4.78, 5) is 32.9. The van der Waals surface area contributed by atoms with Crippen molar-refractivity contribution >= 4 is 17.7 Å². The molecule has 0 bridgehead atoms. The third-order valence-electron chi connectivity index (χ3n) is 9.51. The van der Waals surface area contributed by atoms with Gasteiger partial charge in [0.1, 0.15) is 11.9 Å². The molecule has 9 nitrogen and oxygen atoms in total. The molecule has 2 aliphatic carbocycles. The first kappa shape index (κ1) is 32.5. The number of carbonyl (C=O) groups excluding carboxylic acids is 2. The maximum absolute atomic E-state index is 14.3. The van der Waals surface area contributed by atoms with Crippen LogP contribution in [0.25, 0.3) is 11.1 Å². The highest BCUT2D eigenvalue weighted by atomic mass is 16.6. The van der Waals surface area contributed by atoms with Gasteiger partial charge in [-0.25, -0.2) is 4.79 Å². The van der Waals surface area contributed by atoms with Gasteiger partial charge in [0.15, 0.2) is 0 Å². The van der Waals surface area contributed by atoms with Gasteiger partial charge in [-0.15, -0.1) is 0 Å². The summed E-state index contributed by atoms with van der Waals surface area (Å²) in [6, 6.07) is 12.5. The summed E-state index contributed by atoms with van der Waals surface area (Å²) < 4.78 is 12.9. The Bertz CT molecular complexity index is 1460. The summed E-state index contributed by atoms with van der Waals surface area (Å²) in [6.07, 6.45) is 10.5. The van der Waals surface area contributed by atoms with Gasteiger partial charge in [-0.05, 0) is 115 Å². The average Bonchev–Trinajstić information content (AvgIpc) is 3.56. The van der Waals surface area contributed by atoms with Crippen LogP contribution in [0, 0.1) is 18.8 Å². The molecule has 0 radical (unpaired) electrons. The fourth-order valence-electron chi connectivity index (χ4n) is 6.78. The maximum Gasteiger partial charge on any atom is 0.407 e. The second kappa shape index (κ2) is 14.0. The molecule has 0 spiro atoms. The van der Waals surface area contributed by atoms with Crippen LogP contribution < -0.4 is 15.0 Å². The molecule has 0 unspecified atom stereocenters. The second-order valence-electron chi connectivity index (χ2n) is 13.7. The van der Waals surface area contributed by atoms with Crippen molar-refractivity contribution in [3.8, 4) is 16.9 Å². The molecule has 45 heavy (non-hydrogen) atoms. The van der Waals surface area contributed by atoms with Gasteiger partial charge >= 0.3 is 6.09 Å². The third-order valence-corrected chi connectivity index (χ3v) is 9.51. The molecule has 2 fully saturated rings. The van der Waals surface area contributed by atoms with Gasteiger partial charge in [0.25, 0.3) is 0 Å². The molecule has 5 rings (SSSR count).